The second kappa shape index (κ2) is 6.76. The molecule has 0 fully saturated rings. The van der Waals surface area contributed by atoms with Crippen LogP contribution >= 0.6 is 0 Å². The Kier molecular flexibility index (Phi) is 5.58. The second-order valence-electron chi connectivity index (χ2n) is 4.22. The van der Waals surface area contributed by atoms with Crippen LogP contribution in [-0.2, 0) is 14.6 Å². The molecule has 1 aromatic carbocycles. The Balaban J connectivity index is 2.92. The summed E-state index contributed by atoms with van der Waals surface area (Å²) in [5.41, 5.74) is 5.71. The van der Waals surface area contributed by atoms with Crippen LogP contribution < -0.4 is 11.1 Å². The van der Waals surface area contributed by atoms with Crippen molar-refractivity contribution in [1.29, 1.82) is 0 Å². The Morgan fingerprint density at radius 3 is 2.60 bits per heavy atom. The molecule has 0 heterocycles. The highest BCUT2D eigenvalue weighted by Gasteiger charge is 2.26. The molecule has 0 saturated carbocycles. The van der Waals surface area contributed by atoms with E-state index in [0.29, 0.717) is 12.8 Å². The summed E-state index contributed by atoms with van der Waals surface area (Å²) in [6.07, 6.45) is 1.19. The number of anilines is 1. The van der Waals surface area contributed by atoms with E-state index in [1.165, 1.54) is 12.1 Å². The number of halogens is 2. The summed E-state index contributed by atoms with van der Waals surface area (Å²) >= 11 is 0. The van der Waals surface area contributed by atoms with Crippen molar-refractivity contribution in [2.24, 2.45) is 5.73 Å². The van der Waals surface area contributed by atoms with Crippen molar-refractivity contribution in [1.82, 2.24) is 0 Å². The highest BCUT2D eigenvalue weighted by atomic mass is 32.2. The van der Waals surface area contributed by atoms with E-state index < -0.39 is 32.4 Å². The van der Waals surface area contributed by atoms with Gasteiger partial charge in [-0.15, -0.1) is 0 Å². The van der Waals surface area contributed by atoms with Gasteiger partial charge in [-0.3, -0.25) is 4.79 Å². The molecule has 1 rings (SSSR count). The molecule has 3 N–H and O–H groups in total. The van der Waals surface area contributed by atoms with Crippen LogP contribution in [0.1, 0.15) is 19.8 Å². The number of amides is 1. The minimum atomic E-state index is -4.68. The van der Waals surface area contributed by atoms with Crippen molar-refractivity contribution in [3.63, 3.8) is 0 Å². The summed E-state index contributed by atoms with van der Waals surface area (Å²) in [6.45, 7) is 1.86. The topological polar surface area (TPSA) is 89.3 Å². The predicted molar refractivity (Wildman–Crippen MR) is 71.1 cm³/mol. The monoisotopic (exact) mass is 306 g/mol. The van der Waals surface area contributed by atoms with Gasteiger partial charge in [0.05, 0.1) is 10.9 Å². The highest BCUT2D eigenvalue weighted by molar-refractivity contribution is 7.91. The number of sulfone groups is 1. The lowest BCUT2D eigenvalue weighted by Crippen LogP contribution is -2.35. The number of rotatable bonds is 6. The van der Waals surface area contributed by atoms with Gasteiger partial charge in [-0.2, -0.15) is 8.78 Å². The van der Waals surface area contributed by atoms with E-state index in [0.717, 1.165) is 12.1 Å². The fourth-order valence-electron chi connectivity index (χ4n) is 1.53. The van der Waals surface area contributed by atoms with Crippen LogP contribution in [0.4, 0.5) is 14.5 Å². The van der Waals surface area contributed by atoms with E-state index in [2.05, 4.69) is 5.32 Å². The quantitative estimate of drug-likeness (QED) is 0.838. The van der Waals surface area contributed by atoms with E-state index in [1.807, 2.05) is 6.92 Å². The Bertz CT molecular complexity index is 576. The zero-order chi connectivity index (χ0) is 15.3. The van der Waals surface area contributed by atoms with Gasteiger partial charge in [0, 0.05) is 5.69 Å². The Morgan fingerprint density at radius 2 is 2.05 bits per heavy atom. The van der Waals surface area contributed by atoms with E-state index in [9.17, 15) is 22.0 Å². The lowest BCUT2D eigenvalue weighted by Gasteiger charge is -2.12. The maximum Gasteiger partial charge on any atom is 0.341 e. The molecule has 112 valence electrons. The molecule has 1 aromatic rings. The highest BCUT2D eigenvalue weighted by Crippen LogP contribution is 2.21. The van der Waals surface area contributed by atoms with Crippen LogP contribution in [-0.4, -0.2) is 26.1 Å². The molecule has 1 amide bonds. The second-order valence-corrected chi connectivity index (χ2v) is 6.14. The van der Waals surface area contributed by atoms with Crippen molar-refractivity contribution in [2.75, 3.05) is 5.32 Å². The average molecular weight is 306 g/mol. The van der Waals surface area contributed by atoms with E-state index in [4.69, 9.17) is 5.73 Å². The molecule has 1 atom stereocenters. The summed E-state index contributed by atoms with van der Waals surface area (Å²) < 4.78 is 47.5. The van der Waals surface area contributed by atoms with Gasteiger partial charge >= 0.3 is 5.76 Å². The summed E-state index contributed by atoms with van der Waals surface area (Å²) in [4.78, 5) is 11.1. The smallest absolute Gasteiger partial charge is 0.325 e. The van der Waals surface area contributed by atoms with Crippen LogP contribution in [0.5, 0.6) is 0 Å². The fourth-order valence-corrected chi connectivity index (χ4v) is 2.30. The van der Waals surface area contributed by atoms with Crippen LogP contribution in [0, 0.1) is 0 Å². The van der Waals surface area contributed by atoms with E-state index in [-0.39, 0.29) is 5.69 Å². The normalized spacial score (nSPS) is 13.2. The Labute approximate surface area is 116 Å². The molecule has 1 unspecified atom stereocenters. The molecule has 0 aliphatic rings. The number of nitrogens with two attached hydrogens (primary N) is 1. The minimum Gasteiger partial charge on any atom is -0.325 e. The molecule has 8 heteroatoms. The van der Waals surface area contributed by atoms with Crippen LogP contribution in [0.25, 0.3) is 0 Å². The third kappa shape index (κ3) is 3.97. The number of alkyl halides is 2. The Hall–Kier alpha value is -1.54. The van der Waals surface area contributed by atoms with E-state index >= 15 is 0 Å². The maximum absolute atomic E-state index is 12.4. The fraction of sp³-hybridized carbons (Fsp3) is 0.417. The number of carbonyl (C=O) groups is 1. The van der Waals surface area contributed by atoms with Gasteiger partial charge in [-0.1, -0.05) is 19.4 Å². The number of carbonyl (C=O) groups excluding carboxylic acids is 1. The minimum absolute atomic E-state index is 0.114. The molecule has 0 aliphatic carbocycles. The first-order valence-corrected chi connectivity index (χ1v) is 7.52. The molecule has 0 bridgehead atoms. The molecular weight excluding hydrogens is 290 g/mol. The number of nitrogens with one attached hydrogen (secondary N) is 1. The van der Waals surface area contributed by atoms with Crippen molar-refractivity contribution in [3.8, 4) is 0 Å². The van der Waals surface area contributed by atoms with Crippen LogP contribution in [0.3, 0.4) is 0 Å². The predicted octanol–water partition coefficient (Wildman–Crippen LogP) is 1.75. The lowest BCUT2D eigenvalue weighted by atomic mass is 10.1. The van der Waals surface area contributed by atoms with Gasteiger partial charge in [-0.25, -0.2) is 8.42 Å². The number of hydrogen-bond acceptors (Lipinski definition) is 4. The average Bonchev–Trinajstić information content (AvgIpc) is 2.39. The largest absolute Gasteiger partial charge is 0.341 e. The van der Waals surface area contributed by atoms with E-state index in [1.54, 1.807) is 0 Å². The lowest BCUT2D eigenvalue weighted by molar-refractivity contribution is -0.117. The van der Waals surface area contributed by atoms with Crippen LogP contribution in [0.15, 0.2) is 29.2 Å². The van der Waals surface area contributed by atoms with Gasteiger partial charge in [0.15, 0.2) is 0 Å². The standard InChI is InChI=1S/C12H16F2N2O3S/c1-2-4-10(15)11(17)16-8-5-3-6-9(7-8)20(18,19)12(13)14/h3,5-7,10,12H,2,4,15H2,1H3,(H,16,17). The molecule has 0 aliphatic heterocycles. The summed E-state index contributed by atoms with van der Waals surface area (Å²) in [7, 11) is -4.68. The molecule has 0 saturated heterocycles. The maximum atomic E-state index is 12.4. The van der Waals surface area contributed by atoms with Gasteiger partial charge in [0.2, 0.25) is 15.7 Å². The van der Waals surface area contributed by atoms with Gasteiger partial charge < -0.3 is 11.1 Å². The van der Waals surface area contributed by atoms with Crippen molar-refractivity contribution in [2.45, 2.75) is 36.5 Å². The molecule has 0 radical (unpaired) electrons. The van der Waals surface area contributed by atoms with Crippen LogP contribution in [0.2, 0.25) is 0 Å². The third-order valence-corrected chi connectivity index (χ3v) is 3.98. The summed E-state index contributed by atoms with van der Waals surface area (Å²) in [5.74, 6) is -3.99. The van der Waals surface area contributed by atoms with Gasteiger partial charge in [0.1, 0.15) is 0 Å². The molecule has 0 spiro atoms. The summed E-state index contributed by atoms with van der Waals surface area (Å²) in [5, 5.41) is 2.40. The molecular formula is C12H16F2N2O3S. The summed E-state index contributed by atoms with van der Waals surface area (Å²) in [6, 6.07) is 3.98. The number of hydrogen-bond donors (Lipinski definition) is 2. The first-order valence-electron chi connectivity index (χ1n) is 5.97. The molecule has 5 nitrogen and oxygen atoms in total. The molecule has 20 heavy (non-hydrogen) atoms. The zero-order valence-corrected chi connectivity index (χ0v) is 11.7. The first kappa shape index (κ1) is 16.5. The van der Waals surface area contributed by atoms with Gasteiger partial charge in [0.25, 0.3) is 0 Å². The van der Waals surface area contributed by atoms with Crippen molar-refractivity contribution >= 4 is 21.4 Å². The zero-order valence-electron chi connectivity index (χ0n) is 10.8. The van der Waals surface area contributed by atoms with Crippen molar-refractivity contribution in [3.05, 3.63) is 24.3 Å². The Morgan fingerprint density at radius 1 is 1.40 bits per heavy atom. The first-order chi connectivity index (χ1) is 9.28. The van der Waals surface area contributed by atoms with Crippen molar-refractivity contribution < 1.29 is 22.0 Å². The van der Waals surface area contributed by atoms with Gasteiger partial charge in [-0.05, 0) is 24.6 Å². The molecule has 0 aromatic heterocycles. The third-order valence-electron chi connectivity index (χ3n) is 2.60. The SMILES string of the molecule is CCCC(N)C(=O)Nc1cccc(S(=O)(=O)C(F)F)c1. The number of benzene rings is 1.